The van der Waals surface area contributed by atoms with E-state index in [-0.39, 0.29) is 18.3 Å². The van der Waals surface area contributed by atoms with Crippen LogP contribution in [0.25, 0.3) is 0 Å². The normalized spacial score (nSPS) is 14.2. The molecule has 2 aromatic heterocycles. The first-order chi connectivity index (χ1) is 16.1. The zero-order chi connectivity index (χ0) is 23.0. The third-order valence-corrected chi connectivity index (χ3v) is 7.44. The number of allylic oxidation sites excluding steroid dienone is 1. The zero-order valence-electron chi connectivity index (χ0n) is 18.7. The maximum Gasteiger partial charge on any atom is 0.236 e. The largest absolute Gasteiger partial charge is 0.486 e. The fourth-order valence-corrected chi connectivity index (χ4v) is 5.41. The summed E-state index contributed by atoms with van der Waals surface area (Å²) in [5, 5.41) is 22.1. The van der Waals surface area contributed by atoms with Gasteiger partial charge in [-0.3, -0.25) is 14.7 Å². The van der Waals surface area contributed by atoms with Crippen LogP contribution in [0, 0.1) is 6.92 Å². The molecule has 0 saturated heterocycles. The van der Waals surface area contributed by atoms with Gasteiger partial charge in [-0.05, 0) is 31.9 Å². The first-order valence-electron chi connectivity index (χ1n) is 11.1. The van der Waals surface area contributed by atoms with E-state index in [0.29, 0.717) is 28.6 Å². The van der Waals surface area contributed by atoms with Crippen molar-refractivity contribution >= 4 is 34.1 Å². The lowest BCUT2D eigenvalue weighted by Crippen LogP contribution is -2.15. The average molecular weight is 485 g/mol. The van der Waals surface area contributed by atoms with Gasteiger partial charge in [-0.1, -0.05) is 66.1 Å². The van der Waals surface area contributed by atoms with E-state index >= 15 is 0 Å². The summed E-state index contributed by atoms with van der Waals surface area (Å²) in [6, 6.07) is 7.85. The molecule has 4 rings (SSSR count). The SMILES string of the molecule is C=CCn1c(COc2ccc(C)cc2)nnc1SCC(=O)Nc1nnc(C2CCCCC2)s1. The molecule has 2 heterocycles. The zero-order valence-corrected chi connectivity index (χ0v) is 20.3. The van der Waals surface area contributed by atoms with Gasteiger partial charge in [-0.25, -0.2) is 0 Å². The number of anilines is 1. The van der Waals surface area contributed by atoms with Crippen LogP contribution < -0.4 is 10.1 Å². The Morgan fingerprint density at radius 1 is 1.21 bits per heavy atom. The molecule has 1 amide bonds. The molecule has 0 radical (unpaired) electrons. The Bertz CT molecular complexity index is 1070. The van der Waals surface area contributed by atoms with Crippen LogP contribution in [0.1, 0.15) is 54.4 Å². The van der Waals surface area contributed by atoms with E-state index in [0.717, 1.165) is 23.6 Å². The highest BCUT2D eigenvalue weighted by atomic mass is 32.2. The minimum atomic E-state index is -0.142. The minimum Gasteiger partial charge on any atom is -0.486 e. The number of amides is 1. The summed E-state index contributed by atoms with van der Waals surface area (Å²) in [5.74, 6) is 1.99. The Balaban J connectivity index is 1.31. The van der Waals surface area contributed by atoms with Crippen molar-refractivity contribution in [3.63, 3.8) is 0 Å². The van der Waals surface area contributed by atoms with Gasteiger partial charge in [0.15, 0.2) is 11.0 Å². The van der Waals surface area contributed by atoms with Crippen LogP contribution >= 0.6 is 23.1 Å². The maximum atomic E-state index is 12.5. The molecule has 0 unspecified atom stereocenters. The van der Waals surface area contributed by atoms with Crippen LogP contribution in [0.15, 0.2) is 42.1 Å². The second kappa shape index (κ2) is 11.4. The van der Waals surface area contributed by atoms with Crippen molar-refractivity contribution in [2.45, 2.75) is 63.3 Å². The molecule has 1 fully saturated rings. The van der Waals surface area contributed by atoms with E-state index in [4.69, 9.17) is 4.74 Å². The fraction of sp³-hybridized carbons (Fsp3) is 0.435. The van der Waals surface area contributed by atoms with Crippen molar-refractivity contribution in [2.75, 3.05) is 11.1 Å². The lowest BCUT2D eigenvalue weighted by atomic mass is 9.90. The molecule has 10 heteroatoms. The number of hydrogen-bond acceptors (Lipinski definition) is 8. The molecule has 174 valence electrons. The summed E-state index contributed by atoms with van der Waals surface area (Å²) < 4.78 is 7.75. The van der Waals surface area contributed by atoms with Gasteiger partial charge < -0.3 is 4.74 Å². The number of aromatic nitrogens is 5. The molecule has 3 aromatic rings. The van der Waals surface area contributed by atoms with Crippen molar-refractivity contribution in [3.05, 3.63) is 53.3 Å². The van der Waals surface area contributed by atoms with Gasteiger partial charge in [0.1, 0.15) is 17.4 Å². The predicted molar refractivity (Wildman–Crippen MR) is 131 cm³/mol. The standard InChI is InChI=1S/C23H28N6O2S2/c1-3-13-29-19(14-31-18-11-9-16(2)10-12-18)25-28-23(29)32-15-20(30)24-22-27-26-21(33-22)17-7-5-4-6-8-17/h3,9-12,17H,1,4-8,13-15H2,2H3,(H,24,27,30). The van der Waals surface area contributed by atoms with Gasteiger partial charge >= 0.3 is 0 Å². The summed E-state index contributed by atoms with van der Waals surface area (Å²) >= 11 is 2.81. The van der Waals surface area contributed by atoms with E-state index in [9.17, 15) is 4.79 Å². The fourth-order valence-electron chi connectivity index (χ4n) is 3.71. The molecule has 1 N–H and O–H groups in total. The summed E-state index contributed by atoms with van der Waals surface area (Å²) in [6.45, 7) is 6.67. The Kier molecular flexibility index (Phi) is 8.11. The highest BCUT2D eigenvalue weighted by Gasteiger charge is 2.20. The number of carbonyl (C=O) groups is 1. The number of carbonyl (C=O) groups excluding carboxylic acids is 1. The molecule has 0 bridgehead atoms. The Morgan fingerprint density at radius 3 is 2.76 bits per heavy atom. The molecular weight excluding hydrogens is 456 g/mol. The molecular formula is C23H28N6O2S2. The molecule has 0 aliphatic heterocycles. The number of ether oxygens (including phenoxy) is 1. The highest BCUT2D eigenvalue weighted by molar-refractivity contribution is 7.99. The number of aryl methyl sites for hydroxylation is 1. The molecule has 1 aromatic carbocycles. The molecule has 1 aliphatic rings. The van der Waals surface area contributed by atoms with E-state index in [2.05, 4.69) is 32.3 Å². The lowest BCUT2D eigenvalue weighted by Gasteiger charge is -2.18. The minimum absolute atomic E-state index is 0.142. The number of benzene rings is 1. The van der Waals surface area contributed by atoms with E-state index in [1.54, 1.807) is 6.08 Å². The highest BCUT2D eigenvalue weighted by Crippen LogP contribution is 2.35. The summed E-state index contributed by atoms with van der Waals surface area (Å²) in [5.41, 5.74) is 1.17. The number of nitrogens with one attached hydrogen (secondary N) is 1. The summed E-state index contributed by atoms with van der Waals surface area (Å²) in [7, 11) is 0. The Labute approximate surface area is 201 Å². The van der Waals surface area contributed by atoms with Crippen molar-refractivity contribution < 1.29 is 9.53 Å². The van der Waals surface area contributed by atoms with E-state index < -0.39 is 0 Å². The quantitative estimate of drug-likeness (QED) is 0.320. The molecule has 1 aliphatic carbocycles. The third kappa shape index (κ3) is 6.42. The summed E-state index contributed by atoms with van der Waals surface area (Å²) in [4.78, 5) is 12.5. The van der Waals surface area contributed by atoms with Crippen molar-refractivity contribution in [1.29, 1.82) is 0 Å². The second-order valence-corrected chi connectivity index (χ2v) is 9.97. The van der Waals surface area contributed by atoms with Gasteiger partial charge in [0.2, 0.25) is 11.0 Å². The van der Waals surface area contributed by atoms with Crippen LogP contribution in [0.3, 0.4) is 0 Å². The van der Waals surface area contributed by atoms with Gasteiger partial charge in [0, 0.05) is 12.5 Å². The molecule has 8 nitrogen and oxygen atoms in total. The molecule has 33 heavy (non-hydrogen) atoms. The van der Waals surface area contributed by atoms with Gasteiger partial charge in [0.25, 0.3) is 0 Å². The van der Waals surface area contributed by atoms with E-state index in [1.165, 1.54) is 47.9 Å². The molecule has 0 spiro atoms. The third-order valence-electron chi connectivity index (χ3n) is 5.47. The van der Waals surface area contributed by atoms with Crippen molar-refractivity contribution in [2.24, 2.45) is 0 Å². The van der Waals surface area contributed by atoms with E-state index in [1.807, 2.05) is 35.8 Å². The summed E-state index contributed by atoms with van der Waals surface area (Å²) in [6.07, 6.45) is 7.88. The topological polar surface area (TPSA) is 94.8 Å². The van der Waals surface area contributed by atoms with Crippen LogP contribution in [0.2, 0.25) is 0 Å². The van der Waals surface area contributed by atoms with Gasteiger partial charge in [-0.15, -0.1) is 27.0 Å². The smallest absolute Gasteiger partial charge is 0.236 e. The Hall–Kier alpha value is -2.72. The first-order valence-corrected chi connectivity index (χ1v) is 12.9. The number of thioether (sulfide) groups is 1. The van der Waals surface area contributed by atoms with Gasteiger partial charge in [0.05, 0.1) is 5.75 Å². The molecule has 1 saturated carbocycles. The first kappa shape index (κ1) is 23.4. The van der Waals surface area contributed by atoms with Crippen LogP contribution in [-0.2, 0) is 17.9 Å². The van der Waals surface area contributed by atoms with Crippen LogP contribution in [0.4, 0.5) is 5.13 Å². The van der Waals surface area contributed by atoms with Crippen molar-refractivity contribution in [1.82, 2.24) is 25.0 Å². The van der Waals surface area contributed by atoms with Crippen molar-refractivity contribution in [3.8, 4) is 5.75 Å². The average Bonchev–Trinajstić information content (AvgIpc) is 3.45. The number of rotatable bonds is 10. The monoisotopic (exact) mass is 484 g/mol. The second-order valence-electron chi connectivity index (χ2n) is 8.02. The predicted octanol–water partition coefficient (Wildman–Crippen LogP) is 4.98. The van der Waals surface area contributed by atoms with Crippen LogP contribution in [-0.4, -0.2) is 36.6 Å². The number of hydrogen-bond donors (Lipinski definition) is 1. The van der Waals surface area contributed by atoms with Gasteiger partial charge in [-0.2, -0.15) is 0 Å². The maximum absolute atomic E-state index is 12.5. The Morgan fingerprint density at radius 2 is 2.00 bits per heavy atom. The molecule has 0 atom stereocenters. The van der Waals surface area contributed by atoms with Crippen LogP contribution in [0.5, 0.6) is 5.75 Å². The number of nitrogens with zero attached hydrogens (tertiary/aromatic N) is 5. The lowest BCUT2D eigenvalue weighted by molar-refractivity contribution is -0.113.